The molecule has 5 fully saturated rings. The van der Waals surface area contributed by atoms with Crippen LogP contribution in [-0.2, 0) is 23.7 Å². The molecule has 5 N–H and O–H groups in total. The lowest BCUT2D eigenvalue weighted by molar-refractivity contribution is -0.303. The van der Waals surface area contributed by atoms with E-state index in [-0.39, 0.29) is 40.3 Å². The lowest BCUT2D eigenvalue weighted by Gasteiger charge is -2.63. The van der Waals surface area contributed by atoms with E-state index in [1.54, 1.807) is 13.8 Å². The molecule has 0 amide bonds. The van der Waals surface area contributed by atoms with Gasteiger partial charge in [-0.3, -0.25) is 4.79 Å². The van der Waals surface area contributed by atoms with E-state index in [2.05, 4.69) is 34.6 Å². The minimum absolute atomic E-state index is 0.0723. The van der Waals surface area contributed by atoms with Crippen LogP contribution in [0.5, 0.6) is 0 Å². The summed E-state index contributed by atoms with van der Waals surface area (Å²) >= 11 is 0. The zero-order chi connectivity index (χ0) is 34.3. The molecule has 0 aromatic heterocycles. The van der Waals surface area contributed by atoms with Crippen LogP contribution in [0.1, 0.15) is 107 Å². The minimum Gasteiger partial charge on any atom is -0.488 e. The van der Waals surface area contributed by atoms with Gasteiger partial charge in [-0.15, -0.1) is 0 Å². The van der Waals surface area contributed by atoms with Gasteiger partial charge in [0.25, 0.3) is 0 Å². The number of rotatable bonds is 5. The average molecular weight is 663 g/mol. The highest BCUT2D eigenvalue weighted by Gasteiger charge is 2.83. The second-order valence-electron chi connectivity index (χ2n) is 18.2. The number of aliphatic hydroxyl groups is 5. The summed E-state index contributed by atoms with van der Waals surface area (Å²) in [5.74, 6) is 1.00. The fourth-order valence-electron chi connectivity index (χ4n) is 13.0. The smallest absolute Gasteiger partial charge is 0.303 e. The van der Waals surface area contributed by atoms with Gasteiger partial charge in [-0.2, -0.15) is 0 Å². The van der Waals surface area contributed by atoms with Crippen molar-refractivity contribution < 1.29 is 49.3 Å². The average Bonchev–Trinajstić information content (AvgIpc) is 3.61. The molecule has 1 saturated heterocycles. The Kier molecular flexibility index (Phi) is 7.73. The van der Waals surface area contributed by atoms with Crippen molar-refractivity contribution in [1.29, 1.82) is 0 Å². The Balaban J connectivity index is 1.15. The fraction of sp³-hybridized carbons (Fsp3) is 0.919. The van der Waals surface area contributed by atoms with Crippen LogP contribution >= 0.6 is 0 Å². The molecule has 10 nitrogen and oxygen atoms in total. The summed E-state index contributed by atoms with van der Waals surface area (Å²) in [6, 6.07) is 0. The Morgan fingerprint density at radius 2 is 1.62 bits per heavy atom. The van der Waals surface area contributed by atoms with Crippen LogP contribution in [0.15, 0.2) is 11.3 Å². The predicted molar refractivity (Wildman–Crippen MR) is 170 cm³/mol. The largest absolute Gasteiger partial charge is 0.488 e. The maximum absolute atomic E-state index is 12.5. The normalized spacial score (nSPS) is 52.2. The molecular formula is C37H58O10. The van der Waals surface area contributed by atoms with Crippen LogP contribution in [0.25, 0.3) is 0 Å². The van der Waals surface area contributed by atoms with E-state index >= 15 is 0 Å². The first-order valence-corrected chi connectivity index (χ1v) is 18.1. The van der Waals surface area contributed by atoms with Gasteiger partial charge in [0.15, 0.2) is 12.4 Å². The third-order valence-corrected chi connectivity index (χ3v) is 15.3. The molecule has 2 aliphatic heterocycles. The predicted octanol–water partition coefficient (Wildman–Crippen LogP) is 3.60. The number of hydrogen-bond acceptors (Lipinski definition) is 10. The summed E-state index contributed by atoms with van der Waals surface area (Å²) in [7, 11) is 0. The summed E-state index contributed by atoms with van der Waals surface area (Å²) in [4.78, 5) is 12.0. The number of aliphatic hydroxyl groups excluding tert-OH is 4. The molecule has 2 spiro atoms. The standard InChI is InChI=1S/C37H58O10/c1-18-15-21(30(33(5,6)43)45-19(2)38)46-28-25(18)34(7)13-14-37-17-36(37)12-11-24(47-31-27(41)26(40)20(39)16-44-31)32(3,4)22(36)9-10-23(37)35(34,8)29(28)42/h18,20-24,26-27,29-31,39-43H,9-17H2,1-8H3/t18-,20-,21+,22+,23+,24+,26+,27-,29+,30+,31+,34-,35-,36-,37+/m1/s1. The van der Waals surface area contributed by atoms with Crippen molar-refractivity contribution in [3.05, 3.63) is 11.3 Å². The van der Waals surface area contributed by atoms with E-state index < -0.39 is 59.9 Å². The van der Waals surface area contributed by atoms with Gasteiger partial charge in [0, 0.05) is 17.8 Å². The summed E-state index contributed by atoms with van der Waals surface area (Å²) in [5, 5.41) is 54.3. The van der Waals surface area contributed by atoms with Crippen molar-refractivity contribution in [3.8, 4) is 0 Å². The molecular weight excluding hydrogens is 604 g/mol. The van der Waals surface area contributed by atoms with Crippen LogP contribution in [0, 0.1) is 44.8 Å². The number of fused-ring (bicyclic) bond motifs is 3. The van der Waals surface area contributed by atoms with E-state index in [0.717, 1.165) is 44.9 Å². The highest BCUT2D eigenvalue weighted by atomic mass is 16.7. The van der Waals surface area contributed by atoms with Crippen molar-refractivity contribution >= 4 is 5.97 Å². The second kappa shape index (κ2) is 10.6. The van der Waals surface area contributed by atoms with E-state index in [1.807, 2.05) is 0 Å². The van der Waals surface area contributed by atoms with E-state index in [9.17, 15) is 30.3 Å². The zero-order valence-corrected chi connectivity index (χ0v) is 29.5. The zero-order valence-electron chi connectivity index (χ0n) is 29.5. The Morgan fingerprint density at radius 1 is 0.957 bits per heavy atom. The minimum atomic E-state index is -1.31. The molecule has 10 heteroatoms. The van der Waals surface area contributed by atoms with Gasteiger partial charge >= 0.3 is 5.97 Å². The molecule has 0 aromatic rings. The van der Waals surface area contributed by atoms with Crippen molar-refractivity contribution in [2.45, 2.75) is 161 Å². The molecule has 2 heterocycles. The fourth-order valence-corrected chi connectivity index (χ4v) is 13.0. The number of carbonyl (C=O) groups is 1. The van der Waals surface area contributed by atoms with Crippen LogP contribution in [0.4, 0.5) is 0 Å². The van der Waals surface area contributed by atoms with Crippen molar-refractivity contribution in [1.82, 2.24) is 0 Å². The molecule has 7 rings (SSSR count). The van der Waals surface area contributed by atoms with Crippen LogP contribution < -0.4 is 0 Å². The monoisotopic (exact) mass is 662 g/mol. The number of allylic oxidation sites excluding steroid dienone is 1. The van der Waals surface area contributed by atoms with Crippen LogP contribution in [-0.4, -0.2) is 92.7 Å². The van der Waals surface area contributed by atoms with Gasteiger partial charge in [0.1, 0.15) is 36.3 Å². The molecule has 266 valence electrons. The van der Waals surface area contributed by atoms with Gasteiger partial charge in [-0.1, -0.05) is 34.6 Å². The van der Waals surface area contributed by atoms with Gasteiger partial charge in [0.05, 0.1) is 18.3 Å². The Labute approximate surface area is 279 Å². The van der Waals surface area contributed by atoms with Gasteiger partial charge in [0.2, 0.25) is 0 Å². The number of esters is 1. The van der Waals surface area contributed by atoms with Crippen molar-refractivity contribution in [2.75, 3.05) is 6.61 Å². The van der Waals surface area contributed by atoms with Crippen molar-refractivity contribution in [3.63, 3.8) is 0 Å². The summed E-state index contributed by atoms with van der Waals surface area (Å²) in [6.07, 6.45) is 0.627. The Morgan fingerprint density at radius 3 is 2.28 bits per heavy atom. The molecule has 0 aromatic carbocycles. The van der Waals surface area contributed by atoms with Crippen LogP contribution in [0.2, 0.25) is 0 Å². The summed E-state index contributed by atoms with van der Waals surface area (Å²) in [6.45, 7) is 16.0. The van der Waals surface area contributed by atoms with Crippen LogP contribution in [0.3, 0.4) is 0 Å². The van der Waals surface area contributed by atoms with E-state index in [0.29, 0.717) is 24.0 Å². The Hall–Kier alpha value is -1.27. The molecule has 5 aliphatic carbocycles. The second-order valence-corrected chi connectivity index (χ2v) is 18.2. The van der Waals surface area contributed by atoms with Gasteiger partial charge in [-0.05, 0) is 105 Å². The number of carbonyl (C=O) groups excluding carboxylic acids is 1. The molecule has 4 saturated carbocycles. The highest BCUT2D eigenvalue weighted by Crippen LogP contribution is 2.89. The molecule has 0 bridgehead atoms. The van der Waals surface area contributed by atoms with Crippen molar-refractivity contribution in [2.24, 2.45) is 44.8 Å². The summed E-state index contributed by atoms with van der Waals surface area (Å²) < 4.78 is 24.4. The lowest BCUT2D eigenvalue weighted by Crippen LogP contribution is -2.61. The topological polar surface area (TPSA) is 155 Å². The highest BCUT2D eigenvalue weighted by molar-refractivity contribution is 5.66. The maximum atomic E-state index is 12.5. The van der Waals surface area contributed by atoms with E-state index in [4.69, 9.17) is 18.9 Å². The van der Waals surface area contributed by atoms with Gasteiger partial charge in [-0.25, -0.2) is 0 Å². The third kappa shape index (κ3) is 4.43. The number of hydrogen-bond donors (Lipinski definition) is 5. The third-order valence-electron chi connectivity index (χ3n) is 15.3. The summed E-state index contributed by atoms with van der Waals surface area (Å²) in [5.41, 5.74) is -0.669. The first kappa shape index (κ1) is 34.2. The molecule has 0 unspecified atom stereocenters. The molecule has 0 radical (unpaired) electrons. The first-order chi connectivity index (χ1) is 21.8. The molecule has 47 heavy (non-hydrogen) atoms. The molecule has 7 aliphatic rings. The quantitative estimate of drug-likeness (QED) is 0.218. The lowest BCUT2D eigenvalue weighted by atomic mass is 9.41. The Bertz CT molecular complexity index is 1320. The van der Waals surface area contributed by atoms with Gasteiger partial charge < -0.3 is 44.5 Å². The molecule has 15 atom stereocenters. The maximum Gasteiger partial charge on any atom is 0.303 e. The number of ether oxygens (including phenoxy) is 4. The SMILES string of the molecule is CC(=O)O[C@@H]([C@@H]1C[C@@H](C)C2=C(O1)[C@H](O)[C@@]1(C)[C@@H]3CC[C@H]4C(C)(C)[C@@H](O[C@@H]5OC[C@@H](O)[C@H](O)[C@H]5O)CC[C@@]45C[C@@]35CC[C@]21C)C(C)(C)O. The van der Waals surface area contributed by atoms with E-state index in [1.165, 1.54) is 12.5 Å². The first-order valence-electron chi connectivity index (χ1n) is 18.1.